The van der Waals surface area contributed by atoms with Crippen molar-refractivity contribution in [2.45, 2.75) is 0 Å². The van der Waals surface area contributed by atoms with Gasteiger partial charge in [-0.05, 0) is 24.3 Å². The summed E-state index contributed by atoms with van der Waals surface area (Å²) in [6, 6.07) is 8.17. The van der Waals surface area contributed by atoms with Crippen LogP contribution in [0.15, 0.2) is 24.3 Å². The zero-order valence-electron chi connectivity index (χ0n) is 7.96. The van der Waals surface area contributed by atoms with E-state index >= 15 is 0 Å². The Labute approximate surface area is 89.2 Å². The van der Waals surface area contributed by atoms with Crippen LogP contribution in [0.25, 0.3) is 0 Å². The number of hydrogen-bond donors (Lipinski definition) is 2. The summed E-state index contributed by atoms with van der Waals surface area (Å²) in [6.07, 6.45) is 0. The van der Waals surface area contributed by atoms with Gasteiger partial charge in [-0.15, -0.1) is 0 Å². The number of hydrogen-bond acceptors (Lipinski definition) is 3. The summed E-state index contributed by atoms with van der Waals surface area (Å²) in [6.45, 7) is 4.28. The maximum atomic E-state index is 5.49. The Balaban J connectivity index is 2.07. The van der Waals surface area contributed by atoms with Crippen LogP contribution in [0, 0.1) is 0 Å². The van der Waals surface area contributed by atoms with Crippen LogP contribution < -0.4 is 15.1 Å². The number of nitrogens with one attached hydrogen (secondary N) is 2. The summed E-state index contributed by atoms with van der Waals surface area (Å²) in [5, 5.41) is 3.33. The zero-order valence-corrected chi connectivity index (χ0v) is 8.72. The lowest BCUT2D eigenvalue weighted by atomic mass is 10.2. The fraction of sp³-hybridized carbons (Fsp3) is 0.400. The molecule has 1 aliphatic rings. The molecule has 0 radical (unpaired) electrons. The molecule has 0 aromatic heterocycles. The molecule has 2 N–H and O–H groups in total. The Morgan fingerprint density at radius 1 is 1.14 bits per heavy atom. The molecule has 0 atom stereocenters. The fourth-order valence-corrected chi connectivity index (χ4v) is 1.78. The molecule has 1 fully saturated rings. The van der Waals surface area contributed by atoms with Crippen LogP contribution in [0.3, 0.4) is 0 Å². The summed E-state index contributed by atoms with van der Waals surface area (Å²) >= 11 is 5.49. The second-order valence-corrected chi connectivity index (χ2v) is 3.57. The minimum absolute atomic E-state index is 0.936. The van der Waals surface area contributed by atoms with Crippen LogP contribution >= 0.6 is 11.8 Å². The highest BCUT2D eigenvalue weighted by Gasteiger charge is 2.09. The summed E-state index contributed by atoms with van der Waals surface area (Å²) in [5.41, 5.74) is 2.20. The average Bonchev–Trinajstić information content (AvgIpc) is 2.30. The normalized spacial score (nSPS) is 16.8. The molecule has 0 bridgehead atoms. The predicted molar refractivity (Wildman–Crippen MR) is 61.0 cm³/mol. The molecule has 2 rings (SSSR count). The molecule has 1 saturated heterocycles. The molecule has 0 amide bonds. The average molecular weight is 212 g/mol. The van der Waals surface area contributed by atoms with Crippen LogP contribution in [0.2, 0.25) is 0 Å². The van der Waals surface area contributed by atoms with Gasteiger partial charge in [0.15, 0.2) is 0 Å². The maximum absolute atomic E-state index is 5.49. The van der Waals surface area contributed by atoms with E-state index in [0.29, 0.717) is 0 Å². The van der Waals surface area contributed by atoms with Crippen molar-refractivity contribution in [2.75, 3.05) is 35.9 Å². The van der Waals surface area contributed by atoms with Crippen molar-refractivity contribution in [1.82, 2.24) is 5.32 Å². The second-order valence-electron chi connectivity index (χ2n) is 3.38. The lowest BCUT2D eigenvalue weighted by Gasteiger charge is -2.29. The minimum atomic E-state index is 0.936. The SMILES string of the molecule is ClNc1ccc(N2CCNCC2)cc1. The first-order valence-electron chi connectivity index (χ1n) is 4.82. The first kappa shape index (κ1) is 9.62. The number of piperazine rings is 1. The number of halogens is 1. The van der Waals surface area contributed by atoms with Gasteiger partial charge in [-0.25, -0.2) is 0 Å². The van der Waals surface area contributed by atoms with Crippen LogP contribution in [-0.2, 0) is 0 Å². The molecule has 4 heteroatoms. The summed E-state index contributed by atoms with van der Waals surface area (Å²) < 4.78 is 0. The van der Waals surface area contributed by atoms with E-state index in [-0.39, 0.29) is 0 Å². The van der Waals surface area contributed by atoms with Gasteiger partial charge in [-0.2, -0.15) is 0 Å². The number of benzene rings is 1. The Kier molecular flexibility index (Phi) is 3.11. The van der Waals surface area contributed by atoms with E-state index in [4.69, 9.17) is 11.8 Å². The molecule has 0 aliphatic carbocycles. The minimum Gasteiger partial charge on any atom is -0.369 e. The highest BCUT2D eigenvalue weighted by Crippen LogP contribution is 2.18. The number of rotatable bonds is 2. The molecule has 76 valence electrons. The Morgan fingerprint density at radius 3 is 2.36 bits per heavy atom. The molecule has 1 aromatic carbocycles. The lowest BCUT2D eigenvalue weighted by molar-refractivity contribution is 0.589. The van der Waals surface area contributed by atoms with Crippen molar-refractivity contribution < 1.29 is 0 Å². The van der Waals surface area contributed by atoms with Gasteiger partial charge < -0.3 is 10.2 Å². The van der Waals surface area contributed by atoms with E-state index in [2.05, 4.69) is 27.2 Å². The third-order valence-electron chi connectivity index (χ3n) is 2.46. The van der Waals surface area contributed by atoms with Crippen molar-refractivity contribution in [3.05, 3.63) is 24.3 Å². The maximum Gasteiger partial charge on any atom is 0.0493 e. The Hall–Kier alpha value is -0.930. The van der Waals surface area contributed by atoms with Gasteiger partial charge in [0.05, 0.1) is 0 Å². The van der Waals surface area contributed by atoms with E-state index in [9.17, 15) is 0 Å². The Morgan fingerprint density at radius 2 is 1.79 bits per heavy atom. The molecule has 1 heterocycles. The first-order chi connectivity index (χ1) is 6.90. The monoisotopic (exact) mass is 211 g/mol. The van der Waals surface area contributed by atoms with Gasteiger partial charge >= 0.3 is 0 Å². The van der Waals surface area contributed by atoms with Gasteiger partial charge in [0.2, 0.25) is 0 Å². The summed E-state index contributed by atoms with van der Waals surface area (Å²) in [5.74, 6) is 0. The third-order valence-corrected chi connectivity index (χ3v) is 2.68. The van der Waals surface area contributed by atoms with Crippen molar-refractivity contribution in [1.29, 1.82) is 0 Å². The van der Waals surface area contributed by atoms with Gasteiger partial charge in [-0.3, -0.25) is 4.84 Å². The van der Waals surface area contributed by atoms with Gasteiger partial charge in [0.25, 0.3) is 0 Å². The smallest absolute Gasteiger partial charge is 0.0493 e. The molecule has 14 heavy (non-hydrogen) atoms. The lowest BCUT2D eigenvalue weighted by Crippen LogP contribution is -2.43. The topological polar surface area (TPSA) is 27.3 Å². The molecule has 0 spiro atoms. The number of anilines is 2. The first-order valence-corrected chi connectivity index (χ1v) is 5.20. The van der Waals surface area contributed by atoms with E-state index in [1.165, 1.54) is 5.69 Å². The molecular formula is C10H14ClN3. The zero-order chi connectivity index (χ0) is 9.80. The fourth-order valence-electron chi connectivity index (χ4n) is 1.66. The van der Waals surface area contributed by atoms with Crippen LogP contribution in [0.4, 0.5) is 11.4 Å². The van der Waals surface area contributed by atoms with E-state index in [0.717, 1.165) is 31.9 Å². The van der Waals surface area contributed by atoms with Crippen LogP contribution in [0.1, 0.15) is 0 Å². The van der Waals surface area contributed by atoms with Crippen molar-refractivity contribution in [2.24, 2.45) is 0 Å². The largest absolute Gasteiger partial charge is 0.369 e. The standard InChI is InChI=1S/C10H14ClN3/c11-13-9-1-3-10(4-2-9)14-7-5-12-6-8-14/h1-4,12-13H,5-8H2. The second kappa shape index (κ2) is 4.53. The van der Waals surface area contributed by atoms with Gasteiger partial charge in [0.1, 0.15) is 0 Å². The molecular weight excluding hydrogens is 198 g/mol. The molecule has 3 nitrogen and oxygen atoms in total. The Bertz CT molecular complexity index is 280. The molecule has 1 aromatic rings. The van der Waals surface area contributed by atoms with Crippen molar-refractivity contribution >= 4 is 23.2 Å². The predicted octanol–water partition coefficient (Wildman–Crippen LogP) is 1.66. The van der Waals surface area contributed by atoms with Crippen molar-refractivity contribution in [3.8, 4) is 0 Å². The molecule has 0 saturated carbocycles. The van der Waals surface area contributed by atoms with E-state index in [1.54, 1.807) is 0 Å². The van der Waals surface area contributed by atoms with Crippen LogP contribution in [-0.4, -0.2) is 26.2 Å². The van der Waals surface area contributed by atoms with Crippen LogP contribution in [0.5, 0.6) is 0 Å². The van der Waals surface area contributed by atoms with E-state index in [1.807, 2.05) is 12.1 Å². The quantitative estimate of drug-likeness (QED) is 0.729. The summed E-state index contributed by atoms with van der Waals surface area (Å²) in [7, 11) is 0. The van der Waals surface area contributed by atoms with E-state index < -0.39 is 0 Å². The number of nitrogens with zero attached hydrogens (tertiary/aromatic N) is 1. The summed E-state index contributed by atoms with van der Waals surface area (Å²) in [4.78, 5) is 4.97. The highest BCUT2D eigenvalue weighted by atomic mass is 35.5. The molecule has 1 aliphatic heterocycles. The third kappa shape index (κ3) is 2.11. The van der Waals surface area contributed by atoms with Crippen molar-refractivity contribution in [3.63, 3.8) is 0 Å². The molecule has 0 unspecified atom stereocenters. The van der Waals surface area contributed by atoms with Gasteiger partial charge in [-0.1, -0.05) is 0 Å². The highest BCUT2D eigenvalue weighted by molar-refractivity contribution is 6.23. The van der Waals surface area contributed by atoms with Gasteiger partial charge in [0, 0.05) is 49.3 Å².